The largest absolute Gasteiger partial charge is 0.366 e. The van der Waals surface area contributed by atoms with Gasteiger partial charge in [0.2, 0.25) is 0 Å². The van der Waals surface area contributed by atoms with E-state index in [9.17, 15) is 4.57 Å². The zero-order chi connectivity index (χ0) is 9.12. The Morgan fingerprint density at radius 1 is 1.36 bits per heavy atom. The smallest absolute Gasteiger partial charge is 0.357 e. The Morgan fingerprint density at radius 2 is 1.73 bits per heavy atom. The highest BCUT2D eigenvalue weighted by Crippen LogP contribution is 2.54. The van der Waals surface area contributed by atoms with E-state index in [0.717, 1.165) is 0 Å². The van der Waals surface area contributed by atoms with Gasteiger partial charge in [-0.3, -0.25) is 4.57 Å². The molecule has 68 valence electrons. The molecule has 0 bridgehead atoms. The quantitative estimate of drug-likeness (QED) is 0.643. The monoisotopic (exact) mass is 182 g/mol. The second kappa shape index (κ2) is 3.68. The lowest BCUT2D eigenvalue weighted by Crippen LogP contribution is -2.29. The predicted molar refractivity (Wildman–Crippen MR) is 42.4 cm³/mol. The molecule has 0 heterocycles. The van der Waals surface area contributed by atoms with Crippen LogP contribution in [-0.2, 0) is 9.30 Å². The minimum absolute atomic E-state index is 0.324. The van der Waals surface area contributed by atoms with Crippen LogP contribution in [-0.4, -0.2) is 22.2 Å². The number of methoxy groups -OCH3 is 1. The van der Waals surface area contributed by atoms with Crippen LogP contribution in [0.25, 0.3) is 0 Å². The average molecular weight is 182 g/mol. The van der Waals surface area contributed by atoms with E-state index in [0.29, 0.717) is 12.8 Å². The van der Waals surface area contributed by atoms with Crippen molar-refractivity contribution in [2.24, 2.45) is 0 Å². The predicted octanol–water partition coefficient (Wildman–Crippen LogP) is 1.33. The van der Waals surface area contributed by atoms with Crippen LogP contribution in [0.1, 0.15) is 26.7 Å². The van der Waals surface area contributed by atoms with E-state index in [1.165, 1.54) is 7.11 Å². The van der Waals surface area contributed by atoms with Crippen LogP contribution in [0.5, 0.6) is 0 Å². The summed E-state index contributed by atoms with van der Waals surface area (Å²) in [5, 5.41) is -1.27. The van der Waals surface area contributed by atoms with Crippen LogP contribution in [0.15, 0.2) is 0 Å². The first kappa shape index (κ1) is 11.1. The molecule has 4 nitrogen and oxygen atoms in total. The van der Waals surface area contributed by atoms with Gasteiger partial charge in [0.25, 0.3) is 0 Å². The summed E-state index contributed by atoms with van der Waals surface area (Å²) in [6.07, 6.45) is 0.647. The van der Waals surface area contributed by atoms with Crippen molar-refractivity contribution in [3.05, 3.63) is 0 Å². The molecule has 0 unspecified atom stereocenters. The lowest BCUT2D eigenvalue weighted by molar-refractivity contribution is 0.0315. The Balaban J connectivity index is 4.70. The molecule has 0 aromatic rings. The molecule has 2 N–H and O–H groups in total. The maximum absolute atomic E-state index is 10.9. The van der Waals surface area contributed by atoms with Gasteiger partial charge in [-0.15, -0.1) is 0 Å². The Labute approximate surface area is 66.7 Å². The molecule has 0 aliphatic heterocycles. The molecular formula is C6H15O4P. The highest BCUT2D eigenvalue weighted by Gasteiger charge is 2.43. The summed E-state index contributed by atoms with van der Waals surface area (Å²) in [6, 6.07) is 0. The van der Waals surface area contributed by atoms with Gasteiger partial charge in [0.15, 0.2) is 5.34 Å². The molecule has 0 fully saturated rings. The fourth-order valence-electron chi connectivity index (χ4n) is 1.07. The zero-order valence-corrected chi connectivity index (χ0v) is 7.97. The van der Waals surface area contributed by atoms with Crippen LogP contribution in [0.4, 0.5) is 0 Å². The molecule has 5 heteroatoms. The van der Waals surface area contributed by atoms with Gasteiger partial charge in [-0.1, -0.05) is 13.8 Å². The summed E-state index contributed by atoms with van der Waals surface area (Å²) < 4.78 is 15.8. The maximum Gasteiger partial charge on any atom is 0.357 e. The third-order valence-electron chi connectivity index (χ3n) is 2.02. The maximum atomic E-state index is 10.9. The first-order valence-corrected chi connectivity index (χ1v) is 5.15. The van der Waals surface area contributed by atoms with Crippen LogP contribution < -0.4 is 0 Å². The third-order valence-corrected chi connectivity index (χ3v) is 3.89. The third kappa shape index (κ3) is 2.03. The van der Waals surface area contributed by atoms with Crippen molar-refractivity contribution >= 4 is 7.60 Å². The number of hydrogen-bond acceptors (Lipinski definition) is 2. The molecule has 0 spiro atoms. The lowest BCUT2D eigenvalue weighted by atomic mass is 10.2. The molecule has 0 atom stereocenters. The van der Waals surface area contributed by atoms with Gasteiger partial charge in [-0.05, 0) is 12.8 Å². The number of rotatable bonds is 4. The van der Waals surface area contributed by atoms with Gasteiger partial charge < -0.3 is 14.5 Å². The lowest BCUT2D eigenvalue weighted by Gasteiger charge is -2.30. The zero-order valence-electron chi connectivity index (χ0n) is 7.07. The summed E-state index contributed by atoms with van der Waals surface area (Å²) in [5.41, 5.74) is 0. The Hall–Kier alpha value is 0.110. The van der Waals surface area contributed by atoms with E-state index >= 15 is 0 Å². The van der Waals surface area contributed by atoms with Gasteiger partial charge >= 0.3 is 7.60 Å². The standard InChI is InChI=1S/C6H15O4P/c1-4-6(5-2,10-3)11(7,8)9/h4-5H2,1-3H3,(H2,7,8,9). The summed E-state index contributed by atoms with van der Waals surface area (Å²) in [4.78, 5) is 17.8. The second-order valence-corrected chi connectivity index (χ2v) is 4.30. The number of hydrogen-bond donors (Lipinski definition) is 2. The Kier molecular flexibility index (Phi) is 3.71. The number of ether oxygens (including phenoxy) is 1. The minimum Gasteiger partial charge on any atom is -0.366 e. The van der Waals surface area contributed by atoms with Gasteiger partial charge in [0.1, 0.15) is 0 Å². The van der Waals surface area contributed by atoms with Crippen molar-refractivity contribution in [3.63, 3.8) is 0 Å². The second-order valence-electron chi connectivity index (χ2n) is 2.40. The topological polar surface area (TPSA) is 66.8 Å². The molecule has 0 aliphatic carbocycles. The summed E-state index contributed by atoms with van der Waals surface area (Å²) >= 11 is 0. The normalized spacial score (nSPS) is 13.5. The first-order chi connectivity index (χ1) is 4.93. The molecule has 0 aromatic carbocycles. The molecule has 0 radical (unpaired) electrons. The van der Waals surface area contributed by atoms with Crippen LogP contribution >= 0.6 is 7.60 Å². The van der Waals surface area contributed by atoms with Crippen molar-refractivity contribution < 1.29 is 19.1 Å². The summed E-state index contributed by atoms with van der Waals surface area (Å²) in [7, 11) is -2.80. The van der Waals surface area contributed by atoms with Crippen LogP contribution in [0.3, 0.4) is 0 Å². The molecule has 0 saturated carbocycles. The molecule has 0 aliphatic rings. The van der Waals surface area contributed by atoms with Crippen LogP contribution in [0.2, 0.25) is 0 Å². The van der Waals surface area contributed by atoms with Crippen molar-refractivity contribution in [2.75, 3.05) is 7.11 Å². The van der Waals surface area contributed by atoms with E-state index in [1.807, 2.05) is 0 Å². The van der Waals surface area contributed by atoms with Gasteiger partial charge in [-0.25, -0.2) is 0 Å². The van der Waals surface area contributed by atoms with Crippen LogP contribution in [0, 0.1) is 0 Å². The molecular weight excluding hydrogens is 167 g/mol. The Morgan fingerprint density at radius 3 is 1.73 bits per heavy atom. The first-order valence-electron chi connectivity index (χ1n) is 3.54. The van der Waals surface area contributed by atoms with E-state index in [2.05, 4.69) is 0 Å². The van der Waals surface area contributed by atoms with Crippen molar-refractivity contribution in [3.8, 4) is 0 Å². The molecule has 0 aromatic heterocycles. The van der Waals surface area contributed by atoms with Crippen molar-refractivity contribution in [2.45, 2.75) is 32.0 Å². The SMILES string of the molecule is CCC(CC)(OC)P(=O)(O)O. The summed E-state index contributed by atoms with van der Waals surface area (Å²) in [5.74, 6) is 0. The average Bonchev–Trinajstić information content (AvgIpc) is 1.90. The van der Waals surface area contributed by atoms with Crippen molar-refractivity contribution in [1.29, 1.82) is 0 Å². The van der Waals surface area contributed by atoms with Gasteiger partial charge in [-0.2, -0.15) is 0 Å². The Bertz CT molecular complexity index is 150. The van der Waals surface area contributed by atoms with E-state index in [4.69, 9.17) is 14.5 Å². The fraction of sp³-hybridized carbons (Fsp3) is 1.00. The molecule has 11 heavy (non-hydrogen) atoms. The minimum atomic E-state index is -4.13. The fourth-order valence-corrected chi connectivity index (χ4v) is 2.13. The van der Waals surface area contributed by atoms with Gasteiger partial charge in [0.05, 0.1) is 0 Å². The van der Waals surface area contributed by atoms with E-state index in [-0.39, 0.29) is 0 Å². The molecule has 0 saturated heterocycles. The van der Waals surface area contributed by atoms with Gasteiger partial charge in [0, 0.05) is 7.11 Å². The molecule has 0 amide bonds. The highest BCUT2D eigenvalue weighted by molar-refractivity contribution is 7.53. The van der Waals surface area contributed by atoms with E-state index < -0.39 is 12.9 Å². The molecule has 0 rings (SSSR count). The summed E-state index contributed by atoms with van der Waals surface area (Å²) in [6.45, 7) is 3.40. The van der Waals surface area contributed by atoms with Crippen molar-refractivity contribution in [1.82, 2.24) is 0 Å². The van der Waals surface area contributed by atoms with E-state index in [1.54, 1.807) is 13.8 Å². The highest BCUT2D eigenvalue weighted by atomic mass is 31.2.